The molecule has 3 heteroatoms. The van der Waals surface area contributed by atoms with Crippen molar-refractivity contribution in [2.75, 3.05) is 0 Å². The number of aryl methyl sites for hydroxylation is 2. The molecule has 0 atom stereocenters. The summed E-state index contributed by atoms with van der Waals surface area (Å²) in [4.78, 5) is 10.3. The first-order valence-electron chi connectivity index (χ1n) is 14.4. The molecule has 0 bridgehead atoms. The number of nitrogens with zero attached hydrogens (tertiary/aromatic N) is 2. The SMILES string of the molecule is CCCCCCCCCCCCC(=Nc1ccccc1)C(CCCCC)=Nc1cc(C)cc(C)c1.[Ni]. The quantitative estimate of drug-likeness (QED) is 0.103. The summed E-state index contributed by atoms with van der Waals surface area (Å²) in [5.41, 5.74) is 7.02. The molecule has 0 aliphatic heterocycles. The molecular weight excluding hydrogens is 483 g/mol. The van der Waals surface area contributed by atoms with Crippen LogP contribution in [-0.4, -0.2) is 11.4 Å². The zero-order valence-electron chi connectivity index (χ0n) is 23.4. The number of unbranched alkanes of at least 4 members (excludes halogenated alkanes) is 11. The molecule has 0 unspecified atom stereocenters. The van der Waals surface area contributed by atoms with Crippen molar-refractivity contribution in [2.24, 2.45) is 9.98 Å². The van der Waals surface area contributed by atoms with E-state index in [-0.39, 0.29) is 16.5 Å². The summed E-state index contributed by atoms with van der Waals surface area (Å²) >= 11 is 0. The summed E-state index contributed by atoms with van der Waals surface area (Å²) in [5.74, 6) is 0. The molecule has 0 N–H and O–H groups in total. The summed E-state index contributed by atoms with van der Waals surface area (Å²) in [6, 6.07) is 17.1. The van der Waals surface area contributed by atoms with E-state index < -0.39 is 0 Å². The number of hydrogen-bond donors (Lipinski definition) is 0. The Balaban J connectivity index is 0.00000648. The van der Waals surface area contributed by atoms with Gasteiger partial charge in [-0.15, -0.1) is 0 Å². The number of para-hydroxylation sites is 1. The van der Waals surface area contributed by atoms with Gasteiger partial charge in [0.15, 0.2) is 0 Å². The van der Waals surface area contributed by atoms with Crippen LogP contribution < -0.4 is 0 Å². The maximum absolute atomic E-state index is 5.20. The van der Waals surface area contributed by atoms with Gasteiger partial charge < -0.3 is 0 Å². The zero-order valence-corrected chi connectivity index (χ0v) is 24.4. The van der Waals surface area contributed by atoms with Gasteiger partial charge in [-0.1, -0.05) is 109 Å². The Morgan fingerprint density at radius 1 is 0.528 bits per heavy atom. The first-order chi connectivity index (χ1) is 17.1. The minimum absolute atomic E-state index is 0. The Morgan fingerprint density at radius 3 is 1.47 bits per heavy atom. The summed E-state index contributed by atoms with van der Waals surface area (Å²) in [5, 5.41) is 0. The van der Waals surface area contributed by atoms with Gasteiger partial charge in [0.1, 0.15) is 0 Å². The molecule has 202 valence electrons. The fraction of sp³-hybridized carbons (Fsp3) is 0.576. The van der Waals surface area contributed by atoms with E-state index in [2.05, 4.69) is 76.2 Å². The molecule has 0 heterocycles. The molecule has 0 aromatic heterocycles. The molecule has 0 aliphatic carbocycles. The Hall–Kier alpha value is -1.73. The fourth-order valence-electron chi connectivity index (χ4n) is 4.68. The van der Waals surface area contributed by atoms with Crippen LogP contribution in [0.5, 0.6) is 0 Å². The predicted molar refractivity (Wildman–Crippen MR) is 157 cm³/mol. The summed E-state index contributed by atoms with van der Waals surface area (Å²) in [6.45, 7) is 8.87. The third kappa shape index (κ3) is 14.1. The van der Waals surface area contributed by atoms with Crippen molar-refractivity contribution in [2.45, 2.75) is 124 Å². The van der Waals surface area contributed by atoms with E-state index in [0.29, 0.717) is 0 Å². The van der Waals surface area contributed by atoms with E-state index in [1.807, 2.05) is 0 Å². The Kier molecular flexibility index (Phi) is 18.3. The number of rotatable bonds is 18. The number of aliphatic imine (C=N–C) groups is 2. The molecule has 2 rings (SSSR count). The Morgan fingerprint density at radius 2 is 0.944 bits per heavy atom. The summed E-state index contributed by atoms with van der Waals surface area (Å²) < 4.78 is 0. The van der Waals surface area contributed by atoms with Crippen LogP contribution in [0, 0.1) is 13.8 Å². The summed E-state index contributed by atoms with van der Waals surface area (Å²) in [7, 11) is 0. The van der Waals surface area contributed by atoms with Crippen molar-refractivity contribution in [3.05, 3.63) is 59.7 Å². The van der Waals surface area contributed by atoms with Gasteiger partial charge in [-0.25, -0.2) is 0 Å². The molecule has 0 aliphatic rings. The second-order valence-electron chi connectivity index (χ2n) is 10.2. The van der Waals surface area contributed by atoms with Gasteiger partial charge in [0.05, 0.1) is 22.8 Å². The Labute approximate surface area is 232 Å². The van der Waals surface area contributed by atoms with Gasteiger partial charge in [0, 0.05) is 16.5 Å². The second kappa shape index (κ2) is 20.3. The summed E-state index contributed by atoms with van der Waals surface area (Å²) in [6.07, 6.45) is 19.2. The van der Waals surface area contributed by atoms with E-state index in [9.17, 15) is 0 Å². The molecule has 0 radical (unpaired) electrons. The average molecular weight is 533 g/mol. The van der Waals surface area contributed by atoms with Crippen molar-refractivity contribution in [1.29, 1.82) is 0 Å². The van der Waals surface area contributed by atoms with E-state index in [1.54, 1.807) is 0 Å². The minimum atomic E-state index is 0. The Bertz CT molecular complexity index is 866. The van der Waals surface area contributed by atoms with Gasteiger partial charge in [-0.05, 0) is 74.9 Å². The maximum Gasteiger partial charge on any atom is 0.0639 e. The predicted octanol–water partition coefficient (Wildman–Crippen LogP) is 11.0. The maximum atomic E-state index is 5.20. The molecule has 36 heavy (non-hydrogen) atoms. The van der Waals surface area contributed by atoms with Gasteiger partial charge in [0.2, 0.25) is 0 Å². The van der Waals surface area contributed by atoms with Gasteiger partial charge in [-0.3, -0.25) is 9.98 Å². The van der Waals surface area contributed by atoms with Crippen LogP contribution in [0.3, 0.4) is 0 Å². The second-order valence-corrected chi connectivity index (χ2v) is 10.2. The molecular formula is C33H50N2Ni. The van der Waals surface area contributed by atoms with Crippen molar-refractivity contribution in [1.82, 2.24) is 0 Å². The van der Waals surface area contributed by atoms with Crippen molar-refractivity contribution < 1.29 is 16.5 Å². The molecule has 0 saturated carbocycles. The third-order valence-electron chi connectivity index (χ3n) is 6.61. The van der Waals surface area contributed by atoms with E-state index in [0.717, 1.165) is 24.2 Å². The van der Waals surface area contributed by atoms with Crippen LogP contribution in [0.25, 0.3) is 0 Å². The van der Waals surface area contributed by atoms with Crippen LogP contribution in [0.2, 0.25) is 0 Å². The largest absolute Gasteiger partial charge is 0.252 e. The number of hydrogen-bond acceptors (Lipinski definition) is 2. The van der Waals surface area contributed by atoms with Crippen LogP contribution in [-0.2, 0) is 16.5 Å². The number of benzene rings is 2. The standard InChI is InChI=1S/C33H50N2.Ni/c1-5-7-9-10-11-12-13-14-15-20-24-32(34-30-21-18-16-19-22-30)33(23-17-8-6-2)35-31-26-28(3)25-29(4)27-31;/h16,18-19,21-22,25-27H,5-15,17,20,23-24H2,1-4H3;. The van der Waals surface area contributed by atoms with Gasteiger partial charge >= 0.3 is 0 Å². The van der Waals surface area contributed by atoms with Crippen LogP contribution in [0.4, 0.5) is 11.4 Å². The first-order valence-corrected chi connectivity index (χ1v) is 14.4. The molecule has 0 amide bonds. The van der Waals surface area contributed by atoms with E-state index in [1.165, 1.54) is 106 Å². The molecule has 0 fully saturated rings. The van der Waals surface area contributed by atoms with Crippen LogP contribution in [0.15, 0.2) is 58.5 Å². The topological polar surface area (TPSA) is 24.7 Å². The van der Waals surface area contributed by atoms with Gasteiger partial charge in [0.25, 0.3) is 0 Å². The molecule has 2 nitrogen and oxygen atoms in total. The zero-order chi connectivity index (χ0) is 25.1. The molecule has 0 saturated heterocycles. The third-order valence-corrected chi connectivity index (χ3v) is 6.61. The molecule has 2 aromatic rings. The monoisotopic (exact) mass is 532 g/mol. The van der Waals surface area contributed by atoms with E-state index >= 15 is 0 Å². The van der Waals surface area contributed by atoms with Crippen LogP contribution in [0.1, 0.15) is 121 Å². The molecule has 0 spiro atoms. The van der Waals surface area contributed by atoms with Gasteiger partial charge in [-0.2, -0.15) is 0 Å². The van der Waals surface area contributed by atoms with Crippen molar-refractivity contribution in [3.8, 4) is 0 Å². The van der Waals surface area contributed by atoms with E-state index in [4.69, 9.17) is 9.98 Å². The normalized spacial score (nSPS) is 12.0. The van der Waals surface area contributed by atoms with Crippen molar-refractivity contribution in [3.63, 3.8) is 0 Å². The smallest absolute Gasteiger partial charge is 0.0639 e. The van der Waals surface area contributed by atoms with Crippen LogP contribution >= 0.6 is 0 Å². The fourth-order valence-corrected chi connectivity index (χ4v) is 4.68. The van der Waals surface area contributed by atoms with Crippen molar-refractivity contribution >= 4 is 22.8 Å². The first kappa shape index (κ1) is 32.3. The average Bonchev–Trinajstić information content (AvgIpc) is 2.84. The minimum Gasteiger partial charge on any atom is -0.252 e. The molecule has 2 aromatic carbocycles.